The first-order valence-corrected chi connectivity index (χ1v) is 4.71. The molecule has 0 saturated heterocycles. The lowest BCUT2D eigenvalue weighted by atomic mass is 10.2. The molecule has 0 saturated carbocycles. The fraction of sp³-hybridized carbons (Fsp3) is 0.333. The summed E-state index contributed by atoms with van der Waals surface area (Å²) in [7, 11) is 0. The standard InChI is InChI=1S/C9H10BrFO2/c1-2-12-9(13-11)7-3-5-8(10)6-4-7/h3-6,9H,2H2,1H3. The van der Waals surface area contributed by atoms with Gasteiger partial charge in [-0.25, -0.2) is 0 Å². The Bertz CT molecular complexity index is 250. The predicted molar refractivity (Wildman–Crippen MR) is 50.7 cm³/mol. The minimum Gasteiger partial charge on any atom is -0.346 e. The SMILES string of the molecule is CCOC(OF)c1ccc(Br)cc1. The van der Waals surface area contributed by atoms with E-state index in [0.29, 0.717) is 12.2 Å². The molecule has 2 nitrogen and oxygen atoms in total. The lowest BCUT2D eigenvalue weighted by molar-refractivity contribution is -0.278. The minimum absolute atomic E-state index is 0.407. The Hall–Kier alpha value is -0.450. The zero-order valence-electron chi connectivity index (χ0n) is 7.17. The van der Waals surface area contributed by atoms with E-state index in [4.69, 9.17) is 4.74 Å². The molecule has 0 amide bonds. The van der Waals surface area contributed by atoms with Gasteiger partial charge in [0.15, 0.2) is 0 Å². The maximum Gasteiger partial charge on any atom is 0.222 e. The third-order valence-electron chi connectivity index (χ3n) is 1.54. The van der Waals surface area contributed by atoms with Crippen LogP contribution < -0.4 is 0 Å². The van der Waals surface area contributed by atoms with Gasteiger partial charge in [0.2, 0.25) is 6.29 Å². The van der Waals surface area contributed by atoms with Gasteiger partial charge in [0.1, 0.15) is 0 Å². The van der Waals surface area contributed by atoms with Crippen molar-refractivity contribution in [1.82, 2.24) is 0 Å². The van der Waals surface area contributed by atoms with E-state index in [1.54, 1.807) is 31.2 Å². The molecule has 0 radical (unpaired) electrons. The summed E-state index contributed by atoms with van der Waals surface area (Å²) in [5, 5.41) is 0. The second-order valence-corrected chi connectivity index (χ2v) is 3.34. The quantitative estimate of drug-likeness (QED) is 0.761. The molecule has 1 aromatic rings. The van der Waals surface area contributed by atoms with Gasteiger partial charge in [-0.1, -0.05) is 28.1 Å². The first-order chi connectivity index (χ1) is 6.27. The Morgan fingerprint density at radius 3 is 2.46 bits per heavy atom. The van der Waals surface area contributed by atoms with Crippen molar-refractivity contribution in [2.24, 2.45) is 0 Å². The second-order valence-electron chi connectivity index (χ2n) is 2.43. The molecule has 0 N–H and O–H groups in total. The van der Waals surface area contributed by atoms with Crippen LogP contribution in [-0.2, 0) is 9.68 Å². The van der Waals surface area contributed by atoms with E-state index in [0.717, 1.165) is 4.47 Å². The van der Waals surface area contributed by atoms with Crippen LogP contribution in [0.4, 0.5) is 4.53 Å². The number of hydrogen-bond acceptors (Lipinski definition) is 2. The first-order valence-electron chi connectivity index (χ1n) is 3.92. The monoisotopic (exact) mass is 248 g/mol. The lowest BCUT2D eigenvalue weighted by Gasteiger charge is -2.11. The molecule has 13 heavy (non-hydrogen) atoms. The molecule has 0 aromatic heterocycles. The van der Waals surface area contributed by atoms with E-state index in [9.17, 15) is 4.53 Å². The zero-order chi connectivity index (χ0) is 9.68. The Kier molecular flexibility index (Phi) is 4.35. The van der Waals surface area contributed by atoms with Crippen molar-refractivity contribution < 1.29 is 14.2 Å². The number of benzene rings is 1. The largest absolute Gasteiger partial charge is 0.346 e. The predicted octanol–water partition coefficient (Wildman–Crippen LogP) is 3.39. The average Bonchev–Trinajstić information content (AvgIpc) is 2.16. The van der Waals surface area contributed by atoms with Gasteiger partial charge in [-0.3, -0.25) is 0 Å². The number of hydrogen-bond donors (Lipinski definition) is 0. The fourth-order valence-electron chi connectivity index (χ4n) is 0.945. The molecule has 1 rings (SSSR count). The summed E-state index contributed by atoms with van der Waals surface area (Å²) >= 11 is 3.28. The molecule has 0 spiro atoms. The summed E-state index contributed by atoms with van der Waals surface area (Å²) < 4.78 is 17.9. The number of rotatable bonds is 4. The Morgan fingerprint density at radius 1 is 1.38 bits per heavy atom. The van der Waals surface area contributed by atoms with E-state index in [2.05, 4.69) is 20.9 Å². The molecule has 0 fully saturated rings. The van der Waals surface area contributed by atoms with Gasteiger partial charge < -0.3 is 4.74 Å². The van der Waals surface area contributed by atoms with Crippen molar-refractivity contribution in [2.75, 3.05) is 6.61 Å². The highest BCUT2D eigenvalue weighted by Gasteiger charge is 2.11. The Morgan fingerprint density at radius 2 is 2.00 bits per heavy atom. The summed E-state index contributed by atoms with van der Waals surface area (Å²) in [5.41, 5.74) is 0.660. The van der Waals surface area contributed by atoms with Gasteiger partial charge in [-0.15, -0.1) is 0 Å². The molecule has 1 unspecified atom stereocenters. The summed E-state index contributed by atoms with van der Waals surface area (Å²) in [6.07, 6.45) is -0.918. The number of ether oxygens (including phenoxy) is 1. The molecule has 0 aliphatic carbocycles. The van der Waals surface area contributed by atoms with Gasteiger partial charge in [0.25, 0.3) is 0 Å². The first kappa shape index (κ1) is 10.6. The highest BCUT2D eigenvalue weighted by atomic mass is 79.9. The van der Waals surface area contributed by atoms with E-state index < -0.39 is 6.29 Å². The van der Waals surface area contributed by atoms with Gasteiger partial charge >= 0.3 is 0 Å². The van der Waals surface area contributed by atoms with Crippen molar-refractivity contribution >= 4 is 15.9 Å². The van der Waals surface area contributed by atoms with Gasteiger partial charge in [0.05, 0.1) is 0 Å². The van der Waals surface area contributed by atoms with E-state index in [1.165, 1.54) is 0 Å². The van der Waals surface area contributed by atoms with Gasteiger partial charge in [-0.05, 0) is 23.6 Å². The maximum atomic E-state index is 12.0. The third-order valence-corrected chi connectivity index (χ3v) is 2.07. The van der Waals surface area contributed by atoms with Crippen LogP contribution >= 0.6 is 15.9 Å². The summed E-state index contributed by atoms with van der Waals surface area (Å²) in [6.45, 7) is 2.19. The van der Waals surface area contributed by atoms with Crippen LogP contribution in [0.2, 0.25) is 0 Å². The normalized spacial score (nSPS) is 12.8. The number of halogens is 2. The third kappa shape index (κ3) is 3.06. The molecular weight excluding hydrogens is 239 g/mol. The van der Waals surface area contributed by atoms with E-state index >= 15 is 0 Å². The molecule has 1 atom stereocenters. The summed E-state index contributed by atoms with van der Waals surface area (Å²) in [4.78, 5) is 3.68. The molecule has 0 heterocycles. The Balaban J connectivity index is 2.73. The summed E-state index contributed by atoms with van der Waals surface area (Å²) in [5.74, 6) is 0. The van der Waals surface area contributed by atoms with E-state index in [1.807, 2.05) is 0 Å². The van der Waals surface area contributed by atoms with Crippen molar-refractivity contribution in [2.45, 2.75) is 13.2 Å². The van der Waals surface area contributed by atoms with Crippen LogP contribution in [0.15, 0.2) is 28.7 Å². The summed E-state index contributed by atoms with van der Waals surface area (Å²) in [6, 6.07) is 7.09. The molecule has 4 heteroatoms. The fourth-order valence-corrected chi connectivity index (χ4v) is 1.21. The van der Waals surface area contributed by atoms with Crippen molar-refractivity contribution in [3.8, 4) is 0 Å². The highest BCUT2D eigenvalue weighted by Crippen LogP contribution is 2.21. The molecule has 72 valence electrons. The van der Waals surface area contributed by atoms with Crippen LogP contribution in [0.5, 0.6) is 0 Å². The maximum absolute atomic E-state index is 12.0. The average molecular weight is 249 g/mol. The van der Waals surface area contributed by atoms with Crippen LogP contribution in [0.1, 0.15) is 18.8 Å². The van der Waals surface area contributed by atoms with Crippen molar-refractivity contribution in [1.29, 1.82) is 0 Å². The van der Waals surface area contributed by atoms with Crippen LogP contribution in [-0.4, -0.2) is 6.61 Å². The van der Waals surface area contributed by atoms with Crippen molar-refractivity contribution in [3.63, 3.8) is 0 Å². The molecular formula is C9H10BrFO2. The molecule has 1 aromatic carbocycles. The minimum atomic E-state index is -0.918. The van der Waals surface area contributed by atoms with Crippen LogP contribution in [0.3, 0.4) is 0 Å². The zero-order valence-corrected chi connectivity index (χ0v) is 8.75. The van der Waals surface area contributed by atoms with Gasteiger partial charge in [-0.2, -0.15) is 4.94 Å². The lowest BCUT2D eigenvalue weighted by Crippen LogP contribution is -2.04. The van der Waals surface area contributed by atoms with E-state index in [-0.39, 0.29) is 0 Å². The van der Waals surface area contributed by atoms with Gasteiger partial charge in [0, 0.05) is 16.6 Å². The molecule has 0 aliphatic rings. The van der Waals surface area contributed by atoms with Crippen LogP contribution in [0.25, 0.3) is 0 Å². The highest BCUT2D eigenvalue weighted by molar-refractivity contribution is 9.10. The second kappa shape index (κ2) is 5.32. The smallest absolute Gasteiger partial charge is 0.222 e. The molecule has 0 bridgehead atoms. The van der Waals surface area contributed by atoms with Crippen LogP contribution in [0, 0.1) is 0 Å². The van der Waals surface area contributed by atoms with Crippen molar-refractivity contribution in [3.05, 3.63) is 34.3 Å². The molecule has 0 aliphatic heterocycles. The topological polar surface area (TPSA) is 18.5 Å². The Labute approximate surface area is 84.7 Å².